The topological polar surface area (TPSA) is 13.1 Å². The molecule has 41 heavy (non-hydrogen) atoms. The lowest BCUT2D eigenvalue weighted by atomic mass is 9.92. The largest absolute Gasteiger partial charge is 0.456 e. The van der Waals surface area contributed by atoms with E-state index < -0.39 is 0 Å². The van der Waals surface area contributed by atoms with Crippen LogP contribution in [0.15, 0.2) is 150 Å². The monoisotopic (exact) mass is 524 g/mol. The van der Waals surface area contributed by atoms with E-state index in [0.29, 0.717) is 22.3 Å². The summed E-state index contributed by atoms with van der Waals surface area (Å²) in [5.41, 5.74) is 3.38. The molecule has 8 aromatic carbocycles. The molecule has 0 amide bonds. The van der Waals surface area contributed by atoms with Gasteiger partial charge in [-0.15, -0.1) is 0 Å². The second kappa shape index (κ2) is 8.55. The fraction of sp³-hybridized carbons (Fsp3) is 0. The molecular weight excluding hydrogens is 496 g/mol. The molecule has 0 radical (unpaired) electrons. The molecule has 0 aliphatic carbocycles. The molecule has 0 aliphatic rings. The van der Waals surface area contributed by atoms with E-state index in [1.165, 1.54) is 5.39 Å². The highest BCUT2D eigenvalue weighted by Crippen LogP contribution is 2.38. The van der Waals surface area contributed by atoms with Crippen molar-refractivity contribution in [3.63, 3.8) is 0 Å². The summed E-state index contributed by atoms with van der Waals surface area (Å²) in [6.45, 7) is 0. The normalized spacial score (nSPS) is 13.3. The molecule has 9 rings (SSSR count). The van der Waals surface area contributed by atoms with E-state index in [4.69, 9.17) is 9.90 Å². The first-order chi connectivity index (χ1) is 22.0. The Morgan fingerprint density at radius 1 is 0.390 bits per heavy atom. The Kier molecular flexibility index (Phi) is 3.92. The van der Waals surface area contributed by atoms with Crippen LogP contribution in [0.2, 0.25) is 0 Å². The molecule has 1 aromatic heterocycles. The van der Waals surface area contributed by atoms with Crippen molar-refractivity contribution in [1.29, 1.82) is 0 Å². The van der Waals surface area contributed by atoms with Gasteiger partial charge in [0, 0.05) is 10.8 Å². The van der Waals surface area contributed by atoms with Crippen LogP contribution in [-0.2, 0) is 0 Å². The fourth-order valence-corrected chi connectivity index (χ4v) is 6.29. The Hall–Kier alpha value is -5.40. The van der Waals surface area contributed by atoms with Crippen molar-refractivity contribution in [2.75, 3.05) is 0 Å². The third-order valence-electron chi connectivity index (χ3n) is 8.29. The Labute approximate surface area is 242 Å². The van der Waals surface area contributed by atoms with Gasteiger partial charge in [-0.1, -0.05) is 115 Å². The van der Waals surface area contributed by atoms with E-state index in [0.717, 1.165) is 54.1 Å². The fourth-order valence-electron chi connectivity index (χ4n) is 6.29. The van der Waals surface area contributed by atoms with Crippen molar-refractivity contribution in [2.45, 2.75) is 0 Å². The summed E-state index contributed by atoms with van der Waals surface area (Å²) in [5, 5.41) is 10.5. The van der Waals surface area contributed by atoms with Crippen LogP contribution in [0.25, 0.3) is 87.3 Å². The summed E-state index contributed by atoms with van der Waals surface area (Å²) < 4.78 is 42.8. The van der Waals surface area contributed by atoms with E-state index in [2.05, 4.69) is 48.5 Å². The molecule has 0 fully saturated rings. The smallest absolute Gasteiger partial charge is 0.136 e. The maximum absolute atomic E-state index is 9.17. The van der Waals surface area contributed by atoms with Crippen LogP contribution in [0.4, 0.5) is 0 Å². The molecular formula is C40H24O. The molecule has 0 atom stereocenters. The Morgan fingerprint density at radius 2 is 1.10 bits per heavy atom. The molecule has 0 aliphatic heterocycles. The zero-order valence-electron chi connectivity index (χ0n) is 26.0. The standard InChI is InChI=1S/C40H24O/c1-2-8-29-23-36-31(22-28(29)7-1)16-19-35-32(10-5-11-34(35)36)27-14-12-25(13-15-27)30-18-20-38-37(24-30)40-33-9-4-3-6-26(33)17-21-39(40)41-38/h1-24H/i12D,13D,14D,15D. The highest BCUT2D eigenvalue weighted by atomic mass is 16.3. The number of fused-ring (bicyclic) bond motifs is 9. The van der Waals surface area contributed by atoms with Gasteiger partial charge in [0.2, 0.25) is 0 Å². The molecule has 1 heteroatoms. The first-order valence-corrected chi connectivity index (χ1v) is 13.8. The van der Waals surface area contributed by atoms with Crippen molar-refractivity contribution in [3.05, 3.63) is 145 Å². The van der Waals surface area contributed by atoms with Gasteiger partial charge in [0.15, 0.2) is 0 Å². The summed E-state index contributed by atoms with van der Waals surface area (Å²) in [7, 11) is 0. The third kappa shape index (κ3) is 3.43. The van der Waals surface area contributed by atoms with Crippen molar-refractivity contribution >= 4 is 65.0 Å². The molecule has 0 N–H and O–H groups in total. The second-order valence-electron chi connectivity index (χ2n) is 10.6. The zero-order valence-corrected chi connectivity index (χ0v) is 22.0. The minimum Gasteiger partial charge on any atom is -0.456 e. The van der Waals surface area contributed by atoms with Crippen molar-refractivity contribution in [2.24, 2.45) is 0 Å². The van der Waals surface area contributed by atoms with Crippen LogP contribution in [-0.4, -0.2) is 0 Å². The SMILES string of the molecule is [2H]c1c([2H])c(-c2cccc3c2ccc2cc4ccccc4cc23)c([2H])c([2H])c1-c1ccc2oc3ccc4ccccc4c3c2c1. The number of rotatable bonds is 2. The highest BCUT2D eigenvalue weighted by Gasteiger charge is 2.13. The maximum atomic E-state index is 9.17. The first-order valence-electron chi connectivity index (χ1n) is 15.8. The number of benzene rings is 8. The van der Waals surface area contributed by atoms with Crippen LogP contribution >= 0.6 is 0 Å². The predicted molar refractivity (Wildman–Crippen MR) is 175 cm³/mol. The van der Waals surface area contributed by atoms with Crippen molar-refractivity contribution in [1.82, 2.24) is 0 Å². The summed E-state index contributed by atoms with van der Waals surface area (Å²) in [4.78, 5) is 0. The lowest BCUT2D eigenvalue weighted by Gasteiger charge is -2.11. The molecule has 190 valence electrons. The molecule has 0 saturated heterocycles. The lowest BCUT2D eigenvalue weighted by Crippen LogP contribution is -1.85. The maximum Gasteiger partial charge on any atom is 0.136 e. The van der Waals surface area contributed by atoms with Gasteiger partial charge in [-0.3, -0.25) is 0 Å². The molecule has 0 bridgehead atoms. The summed E-state index contributed by atoms with van der Waals surface area (Å²) in [5.74, 6) is 0. The van der Waals surface area contributed by atoms with Gasteiger partial charge in [-0.05, 0) is 95.7 Å². The van der Waals surface area contributed by atoms with Crippen LogP contribution in [0, 0.1) is 0 Å². The number of furan rings is 1. The van der Waals surface area contributed by atoms with Gasteiger partial charge in [-0.2, -0.15) is 0 Å². The zero-order chi connectivity index (χ0) is 30.4. The number of hydrogen-bond acceptors (Lipinski definition) is 1. The summed E-state index contributed by atoms with van der Waals surface area (Å²) in [6, 6.07) is 40.2. The van der Waals surface area contributed by atoms with Gasteiger partial charge in [0.05, 0.1) is 5.48 Å². The Bertz CT molecular complexity index is 2680. The van der Waals surface area contributed by atoms with Gasteiger partial charge in [0.1, 0.15) is 11.2 Å². The highest BCUT2D eigenvalue weighted by molar-refractivity contribution is 6.19. The first kappa shape index (κ1) is 18.8. The second-order valence-corrected chi connectivity index (χ2v) is 10.6. The molecule has 9 aromatic rings. The van der Waals surface area contributed by atoms with Crippen LogP contribution in [0.3, 0.4) is 0 Å². The van der Waals surface area contributed by atoms with E-state index in [9.17, 15) is 0 Å². The van der Waals surface area contributed by atoms with Crippen LogP contribution < -0.4 is 0 Å². The van der Waals surface area contributed by atoms with E-state index in [-0.39, 0.29) is 29.7 Å². The van der Waals surface area contributed by atoms with Crippen molar-refractivity contribution in [3.8, 4) is 22.3 Å². The Morgan fingerprint density at radius 3 is 1.98 bits per heavy atom. The molecule has 0 saturated carbocycles. The third-order valence-corrected chi connectivity index (χ3v) is 8.29. The van der Waals surface area contributed by atoms with Gasteiger partial charge in [0.25, 0.3) is 0 Å². The average molecular weight is 525 g/mol. The molecule has 1 nitrogen and oxygen atoms in total. The van der Waals surface area contributed by atoms with Gasteiger partial charge < -0.3 is 4.42 Å². The van der Waals surface area contributed by atoms with Crippen LogP contribution in [0.1, 0.15) is 5.48 Å². The quantitative estimate of drug-likeness (QED) is 0.162. The van der Waals surface area contributed by atoms with Gasteiger partial charge in [-0.25, -0.2) is 0 Å². The van der Waals surface area contributed by atoms with E-state index in [1.807, 2.05) is 72.8 Å². The molecule has 0 spiro atoms. The molecule has 1 heterocycles. The number of hydrogen-bond donors (Lipinski definition) is 0. The molecule has 0 unspecified atom stereocenters. The predicted octanol–water partition coefficient (Wildman–Crippen LogP) is 11.5. The Balaban J connectivity index is 1.26. The van der Waals surface area contributed by atoms with Crippen molar-refractivity contribution < 1.29 is 9.90 Å². The lowest BCUT2D eigenvalue weighted by molar-refractivity contribution is 0.669. The summed E-state index contributed by atoms with van der Waals surface area (Å²) in [6.07, 6.45) is 0. The minimum absolute atomic E-state index is 0.0558. The minimum atomic E-state index is -0.0632. The average Bonchev–Trinajstić information content (AvgIpc) is 3.45. The van der Waals surface area contributed by atoms with Crippen LogP contribution in [0.5, 0.6) is 0 Å². The van der Waals surface area contributed by atoms with Gasteiger partial charge >= 0.3 is 0 Å². The summed E-state index contributed by atoms with van der Waals surface area (Å²) >= 11 is 0. The van der Waals surface area contributed by atoms with E-state index in [1.54, 1.807) is 0 Å². The van der Waals surface area contributed by atoms with E-state index >= 15 is 0 Å².